The molecule has 0 bridgehead atoms. The van der Waals surface area contributed by atoms with Gasteiger partial charge in [0.1, 0.15) is 12.4 Å². The van der Waals surface area contributed by atoms with Crippen molar-refractivity contribution in [2.75, 3.05) is 18.1 Å². The van der Waals surface area contributed by atoms with Crippen molar-refractivity contribution in [3.63, 3.8) is 0 Å². The van der Waals surface area contributed by atoms with E-state index in [1.54, 1.807) is 48.5 Å². The number of rotatable bonds is 13. The molecule has 0 unspecified atom stereocenters. The van der Waals surface area contributed by atoms with Crippen molar-refractivity contribution < 1.29 is 23.8 Å². The number of hydrogen-bond acceptors (Lipinski definition) is 7. The summed E-state index contributed by atoms with van der Waals surface area (Å²) in [4.78, 5) is 24.6. The molecule has 200 valence electrons. The van der Waals surface area contributed by atoms with E-state index in [4.69, 9.17) is 25.7 Å². The molecular formula is C30H40N2O5. The molecule has 0 amide bonds. The van der Waals surface area contributed by atoms with E-state index >= 15 is 0 Å². The number of nitrogen functional groups attached to an aromatic ring is 2. The van der Waals surface area contributed by atoms with E-state index in [0.29, 0.717) is 22.7 Å². The van der Waals surface area contributed by atoms with Gasteiger partial charge in [-0.1, -0.05) is 50.8 Å². The lowest BCUT2D eigenvalue weighted by atomic mass is 9.87. The van der Waals surface area contributed by atoms with Gasteiger partial charge in [-0.2, -0.15) is 0 Å². The molecule has 7 heteroatoms. The number of carbonyl (C=O) groups excluding carboxylic acids is 2. The second kappa shape index (κ2) is 15.1. The van der Waals surface area contributed by atoms with Crippen molar-refractivity contribution in [1.29, 1.82) is 0 Å². The molecule has 4 N–H and O–H groups in total. The predicted molar refractivity (Wildman–Crippen MR) is 147 cm³/mol. The molecule has 3 rings (SSSR count). The number of anilines is 2. The van der Waals surface area contributed by atoms with Gasteiger partial charge in [-0.05, 0) is 68.0 Å². The Morgan fingerprint density at radius 3 is 2.38 bits per heavy atom. The quantitative estimate of drug-likeness (QED) is 0.111. The zero-order chi connectivity index (χ0) is 26.5. The monoisotopic (exact) mass is 508 g/mol. The van der Waals surface area contributed by atoms with Crippen molar-refractivity contribution in [2.24, 2.45) is 5.92 Å². The lowest BCUT2D eigenvalue weighted by molar-refractivity contribution is -0.141. The van der Waals surface area contributed by atoms with E-state index in [2.05, 4.69) is 6.92 Å². The fourth-order valence-electron chi connectivity index (χ4n) is 4.37. The second-order valence-corrected chi connectivity index (χ2v) is 9.65. The molecule has 0 spiro atoms. The van der Waals surface area contributed by atoms with Gasteiger partial charge in [0.25, 0.3) is 0 Å². The summed E-state index contributed by atoms with van der Waals surface area (Å²) in [6, 6.07) is 12.1. The van der Waals surface area contributed by atoms with Crippen LogP contribution in [0.5, 0.6) is 5.75 Å². The highest BCUT2D eigenvalue weighted by Gasteiger charge is 2.28. The van der Waals surface area contributed by atoms with Crippen LogP contribution < -0.4 is 16.2 Å². The number of hydrogen-bond donors (Lipinski definition) is 2. The minimum absolute atomic E-state index is 0.0667. The Labute approximate surface area is 220 Å². The van der Waals surface area contributed by atoms with Gasteiger partial charge in [-0.15, -0.1) is 0 Å². The van der Waals surface area contributed by atoms with E-state index in [0.717, 1.165) is 44.3 Å². The maximum atomic E-state index is 12.6. The molecule has 0 heterocycles. The van der Waals surface area contributed by atoms with Crippen LogP contribution in [0.25, 0.3) is 6.08 Å². The van der Waals surface area contributed by atoms with Crippen LogP contribution >= 0.6 is 0 Å². The van der Waals surface area contributed by atoms with Crippen molar-refractivity contribution in [3.8, 4) is 5.75 Å². The zero-order valence-corrected chi connectivity index (χ0v) is 21.8. The summed E-state index contributed by atoms with van der Waals surface area (Å²) in [7, 11) is 0. The number of esters is 2. The maximum Gasteiger partial charge on any atom is 0.331 e. The van der Waals surface area contributed by atoms with Crippen LogP contribution in [0.3, 0.4) is 0 Å². The summed E-state index contributed by atoms with van der Waals surface area (Å²) in [6.07, 6.45) is 12.8. The average Bonchev–Trinajstić information content (AvgIpc) is 2.90. The average molecular weight is 509 g/mol. The SMILES string of the molecule is CCCCCCCOC1CCC(C(=O)Oc2ccc(/C=C/C(=O)OCc3ccc(N)cc3N)cc2)CC1. The third-order valence-electron chi connectivity index (χ3n) is 6.66. The zero-order valence-electron chi connectivity index (χ0n) is 21.8. The summed E-state index contributed by atoms with van der Waals surface area (Å²) in [5.74, 6) is -0.266. The molecule has 0 saturated heterocycles. The fraction of sp³-hybridized carbons (Fsp3) is 0.467. The number of carbonyl (C=O) groups is 2. The van der Waals surface area contributed by atoms with Crippen LogP contribution in [0.15, 0.2) is 48.5 Å². The predicted octanol–water partition coefficient (Wildman–Crippen LogP) is 6.06. The number of nitrogens with two attached hydrogens (primary N) is 2. The third-order valence-corrected chi connectivity index (χ3v) is 6.66. The smallest absolute Gasteiger partial charge is 0.331 e. The minimum atomic E-state index is -0.484. The van der Waals surface area contributed by atoms with Crippen LogP contribution in [0.4, 0.5) is 11.4 Å². The highest BCUT2D eigenvalue weighted by Crippen LogP contribution is 2.28. The van der Waals surface area contributed by atoms with Gasteiger partial charge in [0.2, 0.25) is 0 Å². The third kappa shape index (κ3) is 9.92. The highest BCUT2D eigenvalue weighted by molar-refractivity contribution is 5.87. The van der Waals surface area contributed by atoms with E-state index in [1.807, 2.05) is 0 Å². The topological polar surface area (TPSA) is 114 Å². The first-order valence-electron chi connectivity index (χ1n) is 13.4. The van der Waals surface area contributed by atoms with Crippen LogP contribution in [0.2, 0.25) is 0 Å². The van der Waals surface area contributed by atoms with E-state index < -0.39 is 5.97 Å². The summed E-state index contributed by atoms with van der Waals surface area (Å²) in [6.45, 7) is 3.10. The van der Waals surface area contributed by atoms with Gasteiger partial charge in [-0.25, -0.2) is 4.79 Å². The molecule has 0 aromatic heterocycles. The summed E-state index contributed by atoms with van der Waals surface area (Å²) < 4.78 is 16.8. The standard InChI is InChI=1S/C30H40N2O5/c1-2-3-4-5-6-19-35-26-16-11-23(12-17-26)30(34)37-27-14-7-22(8-15-27)9-18-29(33)36-21-24-10-13-25(31)20-28(24)32/h7-10,13-15,18,20,23,26H,2-6,11-12,16-17,19,21,31-32H2,1H3/b18-9+. The van der Waals surface area contributed by atoms with Crippen molar-refractivity contribution in [3.05, 3.63) is 59.7 Å². The Kier molecular flexibility index (Phi) is 11.5. The number of benzene rings is 2. The van der Waals surface area contributed by atoms with Crippen LogP contribution in [0, 0.1) is 5.92 Å². The van der Waals surface area contributed by atoms with Gasteiger partial charge < -0.3 is 25.7 Å². The number of unbranched alkanes of at least 4 members (excludes halogenated alkanes) is 4. The lowest BCUT2D eigenvalue weighted by Crippen LogP contribution is -2.29. The van der Waals surface area contributed by atoms with E-state index in [9.17, 15) is 9.59 Å². The van der Waals surface area contributed by atoms with Gasteiger partial charge in [0, 0.05) is 29.6 Å². The molecule has 0 atom stereocenters. The van der Waals surface area contributed by atoms with Crippen LogP contribution in [0.1, 0.15) is 75.8 Å². The largest absolute Gasteiger partial charge is 0.458 e. The Morgan fingerprint density at radius 2 is 1.68 bits per heavy atom. The molecule has 2 aromatic rings. The Bertz CT molecular complexity index is 1030. The first-order chi connectivity index (χ1) is 17.9. The molecule has 1 fully saturated rings. The van der Waals surface area contributed by atoms with Crippen molar-refractivity contribution >= 4 is 29.4 Å². The van der Waals surface area contributed by atoms with E-state index in [-0.39, 0.29) is 24.6 Å². The van der Waals surface area contributed by atoms with Gasteiger partial charge in [-0.3, -0.25) is 4.79 Å². The second-order valence-electron chi connectivity index (χ2n) is 9.65. The number of ether oxygens (including phenoxy) is 3. The minimum Gasteiger partial charge on any atom is -0.458 e. The molecule has 37 heavy (non-hydrogen) atoms. The van der Waals surface area contributed by atoms with E-state index in [1.165, 1.54) is 31.8 Å². The van der Waals surface area contributed by atoms with Gasteiger partial charge >= 0.3 is 11.9 Å². The molecule has 2 aromatic carbocycles. The Morgan fingerprint density at radius 1 is 0.946 bits per heavy atom. The summed E-state index contributed by atoms with van der Waals surface area (Å²) in [5, 5.41) is 0. The van der Waals surface area contributed by atoms with Gasteiger partial charge in [0.15, 0.2) is 0 Å². The molecule has 1 aliphatic carbocycles. The van der Waals surface area contributed by atoms with Crippen LogP contribution in [-0.4, -0.2) is 24.6 Å². The highest BCUT2D eigenvalue weighted by atomic mass is 16.5. The van der Waals surface area contributed by atoms with Crippen molar-refractivity contribution in [1.82, 2.24) is 0 Å². The van der Waals surface area contributed by atoms with Crippen molar-refractivity contribution in [2.45, 2.75) is 77.4 Å². The van der Waals surface area contributed by atoms with Crippen LogP contribution in [-0.2, 0) is 25.7 Å². The molecule has 1 aliphatic rings. The summed E-state index contributed by atoms with van der Waals surface area (Å²) in [5.41, 5.74) is 14.1. The normalized spacial score (nSPS) is 17.5. The Balaban J connectivity index is 1.35. The molecular weight excluding hydrogens is 468 g/mol. The molecule has 7 nitrogen and oxygen atoms in total. The Hall–Kier alpha value is -3.32. The van der Waals surface area contributed by atoms with Gasteiger partial charge in [0.05, 0.1) is 12.0 Å². The molecule has 1 saturated carbocycles. The maximum absolute atomic E-state index is 12.6. The molecule has 0 aliphatic heterocycles. The first kappa shape index (κ1) is 28.3. The lowest BCUT2D eigenvalue weighted by Gasteiger charge is -2.27. The summed E-state index contributed by atoms with van der Waals surface area (Å²) >= 11 is 0. The molecule has 0 radical (unpaired) electrons. The first-order valence-corrected chi connectivity index (χ1v) is 13.4. The fourth-order valence-corrected chi connectivity index (χ4v) is 4.37.